The average molecular weight is 333 g/mol. The van der Waals surface area contributed by atoms with E-state index in [9.17, 15) is 14.7 Å². The first kappa shape index (κ1) is 15.8. The number of aliphatic hydroxyl groups excluding tert-OH is 1. The number of carbonyl (C=O) groups is 2. The lowest BCUT2D eigenvalue weighted by Crippen LogP contribution is -2.36. The van der Waals surface area contributed by atoms with E-state index in [-0.39, 0.29) is 25.6 Å². The number of hydrogen-bond donors (Lipinski definition) is 3. The molecule has 126 valence electrons. The van der Waals surface area contributed by atoms with Crippen LogP contribution < -0.4 is 20.1 Å². The van der Waals surface area contributed by atoms with E-state index in [0.29, 0.717) is 17.1 Å². The number of nitrogens with one attached hydrogen (secondary N) is 2. The van der Waals surface area contributed by atoms with E-state index in [0.717, 1.165) is 0 Å². The van der Waals surface area contributed by atoms with E-state index < -0.39 is 17.9 Å². The lowest BCUT2D eigenvalue weighted by atomic mass is 10.1. The quantitative estimate of drug-likeness (QED) is 0.684. The van der Waals surface area contributed by atoms with Gasteiger partial charge in [-0.3, -0.25) is 14.9 Å². The minimum Gasteiger partial charge on any atom is -0.454 e. The van der Waals surface area contributed by atoms with Crippen LogP contribution in [0, 0.1) is 0 Å². The number of anilines is 1. The molecule has 0 fully saturated rings. The topological polar surface area (TPSA) is 123 Å². The second kappa shape index (κ2) is 7.01. The van der Waals surface area contributed by atoms with Gasteiger partial charge in [-0.15, -0.1) is 0 Å². The van der Waals surface area contributed by atoms with Gasteiger partial charge < -0.3 is 24.4 Å². The van der Waals surface area contributed by atoms with Crippen molar-refractivity contribution in [2.45, 2.75) is 12.5 Å². The lowest BCUT2D eigenvalue weighted by Gasteiger charge is -2.12. The molecule has 0 saturated carbocycles. The fraction of sp³-hybridized carbons (Fsp3) is 0.267. The SMILES string of the molecule is O=C(NCC[C@H](O)c1ccc2c(c1)OCO2)C(=O)Nc1ccon1. The molecule has 0 saturated heterocycles. The summed E-state index contributed by atoms with van der Waals surface area (Å²) in [6.07, 6.45) is 0.705. The van der Waals surface area contributed by atoms with E-state index in [1.54, 1.807) is 18.2 Å². The van der Waals surface area contributed by atoms with Crippen molar-refractivity contribution in [3.05, 3.63) is 36.1 Å². The highest BCUT2D eigenvalue weighted by atomic mass is 16.7. The zero-order valence-corrected chi connectivity index (χ0v) is 12.5. The zero-order valence-electron chi connectivity index (χ0n) is 12.5. The molecule has 1 aromatic heterocycles. The molecule has 0 aliphatic carbocycles. The van der Waals surface area contributed by atoms with Crippen LogP contribution in [-0.2, 0) is 9.59 Å². The maximum Gasteiger partial charge on any atom is 0.314 e. The van der Waals surface area contributed by atoms with Crippen molar-refractivity contribution < 1.29 is 28.7 Å². The summed E-state index contributed by atoms with van der Waals surface area (Å²) in [6.45, 7) is 0.284. The van der Waals surface area contributed by atoms with Crippen LogP contribution in [0.3, 0.4) is 0 Å². The van der Waals surface area contributed by atoms with Crippen molar-refractivity contribution in [3.63, 3.8) is 0 Å². The van der Waals surface area contributed by atoms with Crippen molar-refractivity contribution in [1.82, 2.24) is 10.5 Å². The van der Waals surface area contributed by atoms with Crippen molar-refractivity contribution in [2.24, 2.45) is 0 Å². The van der Waals surface area contributed by atoms with Gasteiger partial charge in [0.1, 0.15) is 6.26 Å². The summed E-state index contributed by atoms with van der Waals surface area (Å²) in [6, 6.07) is 6.53. The monoisotopic (exact) mass is 333 g/mol. The second-order valence-corrected chi connectivity index (χ2v) is 5.01. The number of fused-ring (bicyclic) bond motifs is 1. The van der Waals surface area contributed by atoms with Gasteiger partial charge in [0.2, 0.25) is 6.79 Å². The van der Waals surface area contributed by atoms with Crippen LogP contribution >= 0.6 is 0 Å². The smallest absolute Gasteiger partial charge is 0.314 e. The standard InChI is InChI=1S/C15H15N3O6/c19-10(9-1-2-11-12(7-9)23-8-22-11)3-5-16-14(20)15(21)17-13-4-6-24-18-13/h1-2,4,6-7,10,19H,3,5,8H2,(H,16,20)(H,17,18,21)/t10-/m0/s1. The van der Waals surface area contributed by atoms with Gasteiger partial charge in [0.25, 0.3) is 0 Å². The van der Waals surface area contributed by atoms with Gasteiger partial charge in [0.05, 0.1) is 6.10 Å². The largest absolute Gasteiger partial charge is 0.454 e. The minimum atomic E-state index is -0.860. The lowest BCUT2D eigenvalue weighted by molar-refractivity contribution is -0.136. The molecule has 0 radical (unpaired) electrons. The summed E-state index contributed by atoms with van der Waals surface area (Å²) in [5.41, 5.74) is 0.639. The number of aromatic nitrogens is 1. The first-order valence-electron chi connectivity index (χ1n) is 7.20. The predicted molar refractivity (Wildman–Crippen MR) is 80.3 cm³/mol. The molecule has 1 atom stereocenters. The summed E-state index contributed by atoms with van der Waals surface area (Å²) in [5, 5.41) is 18.3. The van der Waals surface area contributed by atoms with Gasteiger partial charge in [0, 0.05) is 12.6 Å². The Kier molecular flexibility index (Phi) is 4.62. The van der Waals surface area contributed by atoms with Crippen LogP contribution in [0.15, 0.2) is 35.1 Å². The van der Waals surface area contributed by atoms with Crippen LogP contribution in [0.5, 0.6) is 11.5 Å². The van der Waals surface area contributed by atoms with Crippen LogP contribution in [0.4, 0.5) is 5.82 Å². The third-order valence-corrected chi connectivity index (χ3v) is 3.37. The Balaban J connectivity index is 1.45. The van der Waals surface area contributed by atoms with Gasteiger partial charge in [-0.25, -0.2) is 0 Å². The van der Waals surface area contributed by atoms with E-state index in [4.69, 9.17) is 9.47 Å². The number of benzene rings is 1. The Morgan fingerprint density at radius 1 is 1.21 bits per heavy atom. The molecule has 0 spiro atoms. The minimum absolute atomic E-state index is 0.126. The molecular formula is C15H15N3O6. The van der Waals surface area contributed by atoms with Gasteiger partial charge in [-0.1, -0.05) is 11.2 Å². The van der Waals surface area contributed by atoms with Gasteiger partial charge >= 0.3 is 11.8 Å². The Morgan fingerprint density at radius 3 is 2.83 bits per heavy atom. The fourth-order valence-electron chi connectivity index (χ4n) is 2.14. The molecule has 2 amide bonds. The van der Waals surface area contributed by atoms with E-state index >= 15 is 0 Å². The van der Waals surface area contributed by atoms with Gasteiger partial charge in [-0.2, -0.15) is 0 Å². The van der Waals surface area contributed by atoms with Crippen LogP contribution in [-0.4, -0.2) is 35.4 Å². The number of aliphatic hydroxyl groups is 1. The third kappa shape index (κ3) is 3.63. The first-order valence-corrected chi connectivity index (χ1v) is 7.20. The van der Waals surface area contributed by atoms with Crippen molar-refractivity contribution >= 4 is 17.6 Å². The summed E-state index contributed by atoms with van der Waals surface area (Å²) in [5.74, 6) is -0.334. The molecule has 1 aromatic carbocycles. The predicted octanol–water partition coefficient (Wildman–Crippen LogP) is 0.582. The van der Waals surface area contributed by atoms with Crippen LogP contribution in [0.25, 0.3) is 0 Å². The van der Waals surface area contributed by atoms with Gasteiger partial charge in [0.15, 0.2) is 17.3 Å². The fourth-order valence-corrected chi connectivity index (χ4v) is 2.14. The molecule has 0 unspecified atom stereocenters. The molecule has 9 heteroatoms. The van der Waals surface area contributed by atoms with Crippen LogP contribution in [0.1, 0.15) is 18.1 Å². The first-order chi connectivity index (χ1) is 11.6. The van der Waals surface area contributed by atoms with Crippen molar-refractivity contribution in [2.75, 3.05) is 18.7 Å². The number of amides is 2. The molecule has 1 aliphatic heterocycles. The summed E-state index contributed by atoms with van der Waals surface area (Å²) >= 11 is 0. The Labute approximate surface area is 136 Å². The maximum atomic E-state index is 11.6. The Morgan fingerprint density at radius 2 is 2.04 bits per heavy atom. The summed E-state index contributed by atoms with van der Waals surface area (Å²) in [7, 11) is 0. The summed E-state index contributed by atoms with van der Waals surface area (Å²) in [4.78, 5) is 23.2. The van der Waals surface area contributed by atoms with Crippen LogP contribution in [0.2, 0.25) is 0 Å². The van der Waals surface area contributed by atoms with E-state index in [1.807, 2.05) is 0 Å². The second-order valence-electron chi connectivity index (χ2n) is 5.01. The molecule has 1 aliphatic rings. The van der Waals surface area contributed by atoms with E-state index in [2.05, 4.69) is 20.3 Å². The molecule has 3 N–H and O–H groups in total. The molecule has 0 bridgehead atoms. The van der Waals surface area contributed by atoms with Crippen molar-refractivity contribution in [3.8, 4) is 11.5 Å². The number of nitrogens with zero attached hydrogens (tertiary/aromatic N) is 1. The Bertz CT molecular complexity index is 731. The normalized spacial score (nSPS) is 13.4. The van der Waals surface area contributed by atoms with Gasteiger partial charge in [-0.05, 0) is 24.1 Å². The maximum absolute atomic E-state index is 11.6. The zero-order chi connectivity index (χ0) is 16.9. The molecule has 24 heavy (non-hydrogen) atoms. The summed E-state index contributed by atoms with van der Waals surface area (Å²) < 4.78 is 15.0. The highest BCUT2D eigenvalue weighted by Gasteiger charge is 2.18. The molecular weight excluding hydrogens is 318 g/mol. The number of carbonyl (C=O) groups excluding carboxylic acids is 2. The molecule has 3 rings (SSSR count). The highest BCUT2D eigenvalue weighted by molar-refractivity contribution is 6.39. The molecule has 2 heterocycles. The highest BCUT2D eigenvalue weighted by Crippen LogP contribution is 2.34. The number of hydrogen-bond acceptors (Lipinski definition) is 7. The average Bonchev–Trinajstić information content (AvgIpc) is 3.24. The van der Waals surface area contributed by atoms with Crippen molar-refractivity contribution in [1.29, 1.82) is 0 Å². The number of rotatable bonds is 5. The number of ether oxygens (including phenoxy) is 2. The Hall–Kier alpha value is -3.07. The molecule has 2 aromatic rings. The third-order valence-electron chi connectivity index (χ3n) is 3.37. The molecule has 9 nitrogen and oxygen atoms in total. The van der Waals surface area contributed by atoms with E-state index in [1.165, 1.54) is 12.3 Å².